The van der Waals surface area contributed by atoms with E-state index in [2.05, 4.69) is 26.2 Å². The third kappa shape index (κ3) is 3.31. The molecule has 0 fully saturated rings. The number of nitrogens with zero attached hydrogens (tertiary/aromatic N) is 1. The Hall–Kier alpha value is -2.77. The third-order valence-corrected chi connectivity index (χ3v) is 5.06. The Balaban J connectivity index is 1.70. The van der Waals surface area contributed by atoms with Crippen LogP contribution in [0.15, 0.2) is 73.7 Å². The quantitative estimate of drug-likeness (QED) is 0.503. The fourth-order valence-electron chi connectivity index (χ4n) is 2.50. The van der Waals surface area contributed by atoms with Crippen molar-refractivity contribution in [3.05, 3.63) is 79.7 Å². The van der Waals surface area contributed by atoms with E-state index in [1.165, 1.54) is 11.3 Å². The minimum Gasteiger partial charge on any atom is -0.403 e. The number of halogens is 1. The topological polar surface area (TPSA) is 72.2 Å². The highest BCUT2D eigenvalue weighted by molar-refractivity contribution is 9.10. The van der Waals surface area contributed by atoms with Gasteiger partial charge in [-0.3, -0.25) is 4.79 Å². The van der Waals surface area contributed by atoms with Crippen molar-refractivity contribution in [2.75, 3.05) is 5.32 Å². The summed E-state index contributed by atoms with van der Waals surface area (Å²) < 4.78 is 6.15. The van der Waals surface area contributed by atoms with E-state index in [0.29, 0.717) is 27.0 Å². The first-order chi connectivity index (χ1) is 12.6. The summed E-state index contributed by atoms with van der Waals surface area (Å²) in [5.41, 5.74) is 1.30. The highest BCUT2D eigenvalue weighted by atomic mass is 79.9. The maximum absolute atomic E-state index is 12.2. The zero-order chi connectivity index (χ0) is 18.1. The van der Waals surface area contributed by atoms with Crippen molar-refractivity contribution < 1.29 is 9.21 Å². The van der Waals surface area contributed by atoms with E-state index in [9.17, 15) is 9.59 Å². The van der Waals surface area contributed by atoms with Crippen LogP contribution in [0.4, 0.5) is 5.69 Å². The van der Waals surface area contributed by atoms with Gasteiger partial charge in [0.25, 0.3) is 5.91 Å². The average molecular weight is 427 g/mol. The van der Waals surface area contributed by atoms with E-state index in [-0.39, 0.29) is 11.8 Å². The summed E-state index contributed by atoms with van der Waals surface area (Å²) in [6.45, 7) is 0. The Morgan fingerprint density at radius 2 is 2.00 bits per heavy atom. The molecule has 1 amide bonds. The fourth-order valence-corrected chi connectivity index (χ4v) is 3.48. The van der Waals surface area contributed by atoms with Crippen molar-refractivity contribution in [2.24, 2.45) is 0 Å². The van der Waals surface area contributed by atoms with Gasteiger partial charge in [0.05, 0.1) is 15.8 Å². The average Bonchev–Trinajstić information content (AvgIpc) is 3.17. The lowest BCUT2D eigenvalue weighted by atomic mass is 10.2. The molecule has 0 spiro atoms. The summed E-state index contributed by atoms with van der Waals surface area (Å²) in [6, 6.07) is 15.9. The van der Waals surface area contributed by atoms with E-state index < -0.39 is 5.63 Å². The van der Waals surface area contributed by atoms with Crippen LogP contribution in [0.3, 0.4) is 0 Å². The normalized spacial score (nSPS) is 10.8. The van der Waals surface area contributed by atoms with Crippen LogP contribution in [0.5, 0.6) is 0 Å². The SMILES string of the molecule is O=C(Nc1cccc(-c2nc3ccc(Br)cc3c(=O)o2)c1)c1cccs1. The molecule has 0 aliphatic carbocycles. The molecule has 0 saturated carbocycles. The summed E-state index contributed by atoms with van der Waals surface area (Å²) >= 11 is 4.70. The number of hydrogen-bond donors (Lipinski definition) is 1. The van der Waals surface area contributed by atoms with Crippen molar-refractivity contribution in [3.8, 4) is 11.5 Å². The van der Waals surface area contributed by atoms with Crippen LogP contribution in [-0.4, -0.2) is 10.9 Å². The molecule has 0 aliphatic heterocycles. The van der Waals surface area contributed by atoms with Gasteiger partial charge in [0, 0.05) is 15.7 Å². The number of anilines is 1. The molecule has 26 heavy (non-hydrogen) atoms. The molecule has 1 N–H and O–H groups in total. The molecule has 0 unspecified atom stereocenters. The minimum atomic E-state index is -0.459. The van der Waals surface area contributed by atoms with Crippen LogP contribution >= 0.6 is 27.3 Å². The highest BCUT2D eigenvalue weighted by Crippen LogP contribution is 2.24. The van der Waals surface area contributed by atoms with Gasteiger partial charge in [-0.15, -0.1) is 11.3 Å². The molecule has 7 heteroatoms. The Kier molecular flexibility index (Phi) is 4.40. The van der Waals surface area contributed by atoms with Gasteiger partial charge in [-0.05, 0) is 47.8 Å². The van der Waals surface area contributed by atoms with Gasteiger partial charge in [0.15, 0.2) is 0 Å². The van der Waals surface area contributed by atoms with E-state index >= 15 is 0 Å². The van der Waals surface area contributed by atoms with Crippen molar-refractivity contribution in [1.29, 1.82) is 0 Å². The van der Waals surface area contributed by atoms with Crippen molar-refractivity contribution in [2.45, 2.75) is 0 Å². The first-order valence-electron chi connectivity index (χ1n) is 7.66. The second-order valence-electron chi connectivity index (χ2n) is 5.48. The van der Waals surface area contributed by atoms with Crippen molar-refractivity contribution in [3.63, 3.8) is 0 Å². The van der Waals surface area contributed by atoms with Crippen LogP contribution in [0.25, 0.3) is 22.4 Å². The van der Waals surface area contributed by atoms with Gasteiger partial charge in [-0.1, -0.05) is 28.1 Å². The van der Waals surface area contributed by atoms with E-state index in [1.807, 2.05) is 17.5 Å². The largest absolute Gasteiger partial charge is 0.403 e. The number of aromatic nitrogens is 1. The zero-order valence-electron chi connectivity index (χ0n) is 13.2. The number of hydrogen-bond acceptors (Lipinski definition) is 5. The molecule has 2 aromatic heterocycles. The maximum atomic E-state index is 12.2. The number of carbonyl (C=O) groups excluding carboxylic acids is 1. The standard InChI is InChI=1S/C19H11BrN2O3S/c20-12-6-7-15-14(10-12)19(24)25-18(22-15)11-3-1-4-13(9-11)21-17(23)16-5-2-8-26-16/h1-10H,(H,21,23). The van der Waals surface area contributed by atoms with Crippen LogP contribution in [0.1, 0.15) is 9.67 Å². The number of amides is 1. The maximum Gasteiger partial charge on any atom is 0.347 e. The van der Waals surface area contributed by atoms with Gasteiger partial charge < -0.3 is 9.73 Å². The molecular weight excluding hydrogens is 416 g/mol. The molecule has 128 valence electrons. The number of nitrogens with one attached hydrogen (secondary N) is 1. The smallest absolute Gasteiger partial charge is 0.347 e. The van der Waals surface area contributed by atoms with E-state index in [4.69, 9.17) is 4.42 Å². The number of thiophene rings is 1. The van der Waals surface area contributed by atoms with Crippen molar-refractivity contribution in [1.82, 2.24) is 4.98 Å². The Labute approximate surface area is 160 Å². The third-order valence-electron chi connectivity index (χ3n) is 3.70. The molecule has 4 rings (SSSR count). The van der Waals surface area contributed by atoms with Gasteiger partial charge in [0.1, 0.15) is 0 Å². The predicted molar refractivity (Wildman–Crippen MR) is 106 cm³/mol. The van der Waals surface area contributed by atoms with Gasteiger partial charge in [-0.2, -0.15) is 0 Å². The molecule has 2 aromatic carbocycles. The lowest BCUT2D eigenvalue weighted by Gasteiger charge is -2.06. The summed E-state index contributed by atoms with van der Waals surface area (Å²) in [4.78, 5) is 29.5. The second kappa shape index (κ2) is 6.86. The molecule has 0 aliphatic rings. The monoisotopic (exact) mass is 426 g/mol. The van der Waals surface area contributed by atoms with Gasteiger partial charge in [-0.25, -0.2) is 9.78 Å². The molecule has 5 nitrogen and oxygen atoms in total. The summed E-state index contributed by atoms with van der Waals surface area (Å²) in [5.74, 6) is 0.0203. The number of fused-ring (bicyclic) bond motifs is 1. The summed E-state index contributed by atoms with van der Waals surface area (Å²) in [6.07, 6.45) is 0. The second-order valence-corrected chi connectivity index (χ2v) is 7.34. The number of rotatable bonds is 3. The predicted octanol–water partition coefficient (Wildman–Crippen LogP) is 4.93. The van der Waals surface area contributed by atoms with Crippen LogP contribution in [0.2, 0.25) is 0 Å². The minimum absolute atomic E-state index is 0.185. The zero-order valence-corrected chi connectivity index (χ0v) is 15.6. The number of carbonyl (C=O) groups is 1. The molecule has 2 heterocycles. The van der Waals surface area contributed by atoms with Crippen molar-refractivity contribution >= 4 is 49.8 Å². The van der Waals surface area contributed by atoms with Gasteiger partial charge in [0.2, 0.25) is 5.89 Å². The Morgan fingerprint density at radius 1 is 1.12 bits per heavy atom. The molecule has 4 aromatic rings. The molecule has 0 atom stereocenters. The summed E-state index contributed by atoms with van der Waals surface area (Å²) in [5, 5.41) is 5.08. The number of benzene rings is 2. The Morgan fingerprint density at radius 3 is 2.81 bits per heavy atom. The first kappa shape index (κ1) is 16.7. The van der Waals surface area contributed by atoms with Crippen LogP contribution < -0.4 is 10.9 Å². The van der Waals surface area contributed by atoms with Crippen LogP contribution in [0, 0.1) is 0 Å². The van der Waals surface area contributed by atoms with Gasteiger partial charge >= 0.3 is 5.63 Å². The Bertz CT molecular complexity index is 1170. The molecule has 0 saturated heterocycles. The fraction of sp³-hybridized carbons (Fsp3) is 0. The molecule has 0 bridgehead atoms. The van der Waals surface area contributed by atoms with E-state index in [0.717, 1.165) is 4.47 Å². The van der Waals surface area contributed by atoms with E-state index in [1.54, 1.807) is 42.5 Å². The molecule has 0 radical (unpaired) electrons. The highest BCUT2D eigenvalue weighted by Gasteiger charge is 2.11. The first-order valence-corrected chi connectivity index (χ1v) is 9.33. The summed E-state index contributed by atoms with van der Waals surface area (Å²) in [7, 11) is 0. The lowest BCUT2D eigenvalue weighted by Crippen LogP contribution is -2.10. The lowest BCUT2D eigenvalue weighted by molar-refractivity contribution is 0.103. The van der Waals surface area contributed by atoms with Crippen LogP contribution in [-0.2, 0) is 0 Å². The molecular formula is C19H11BrN2O3S.